The number of rotatable bonds is 4. The van der Waals surface area contributed by atoms with E-state index in [2.05, 4.69) is 15.3 Å². The van der Waals surface area contributed by atoms with Crippen LogP contribution in [0.1, 0.15) is 11.3 Å². The predicted octanol–water partition coefficient (Wildman–Crippen LogP) is 6.01. The Morgan fingerprint density at radius 2 is 1.96 bits per heavy atom. The average molecular weight is 378 g/mol. The lowest BCUT2D eigenvalue weighted by atomic mass is 9.98. The summed E-state index contributed by atoms with van der Waals surface area (Å²) in [6, 6.07) is 14.4. The van der Waals surface area contributed by atoms with Crippen molar-refractivity contribution in [3.05, 3.63) is 89.2 Å². The summed E-state index contributed by atoms with van der Waals surface area (Å²) < 4.78 is 13.5. The maximum absolute atomic E-state index is 13.5. The fraction of sp³-hybridized carbons (Fsp3) is 0.0909. The molecule has 0 aliphatic rings. The molecule has 2 aromatic carbocycles. The van der Waals surface area contributed by atoms with Crippen LogP contribution >= 0.6 is 11.6 Å². The third-order valence-corrected chi connectivity index (χ3v) is 4.88. The number of benzene rings is 2. The molecule has 27 heavy (non-hydrogen) atoms. The van der Waals surface area contributed by atoms with Crippen LogP contribution in [-0.4, -0.2) is 9.97 Å². The Balaban J connectivity index is 1.72. The Hall–Kier alpha value is -2.98. The molecule has 0 bridgehead atoms. The number of nitrogens with zero attached hydrogens (tertiary/aromatic N) is 2. The maximum Gasteiger partial charge on any atom is 0.124 e. The molecule has 0 amide bonds. The van der Waals surface area contributed by atoms with Crippen LogP contribution in [0.2, 0.25) is 5.02 Å². The number of aryl methyl sites for hydroxylation is 1. The van der Waals surface area contributed by atoms with Crippen molar-refractivity contribution in [3.8, 4) is 11.1 Å². The summed E-state index contributed by atoms with van der Waals surface area (Å²) >= 11 is 6.31. The van der Waals surface area contributed by atoms with Crippen LogP contribution in [-0.2, 0) is 6.54 Å². The van der Waals surface area contributed by atoms with E-state index in [0.29, 0.717) is 11.6 Å². The highest BCUT2D eigenvalue weighted by Crippen LogP contribution is 2.33. The molecule has 0 saturated heterocycles. The number of nitrogens with one attached hydrogen (secondary N) is 1. The highest BCUT2D eigenvalue weighted by molar-refractivity contribution is 6.33. The summed E-state index contributed by atoms with van der Waals surface area (Å²) in [5.74, 6) is -0.352. The van der Waals surface area contributed by atoms with Gasteiger partial charge in [-0.3, -0.25) is 9.97 Å². The van der Waals surface area contributed by atoms with Gasteiger partial charge < -0.3 is 5.32 Å². The second kappa shape index (κ2) is 7.33. The minimum atomic E-state index is -0.352. The molecule has 2 heterocycles. The fourth-order valence-corrected chi connectivity index (χ4v) is 3.53. The first-order valence-corrected chi connectivity index (χ1v) is 8.98. The third-order valence-electron chi connectivity index (χ3n) is 4.57. The highest BCUT2D eigenvalue weighted by atomic mass is 35.5. The monoisotopic (exact) mass is 377 g/mol. The van der Waals surface area contributed by atoms with E-state index in [1.165, 1.54) is 12.1 Å². The summed E-state index contributed by atoms with van der Waals surface area (Å²) in [4.78, 5) is 8.72. The first-order chi connectivity index (χ1) is 13.1. The first-order valence-electron chi connectivity index (χ1n) is 8.60. The lowest BCUT2D eigenvalue weighted by Crippen LogP contribution is -2.05. The molecule has 0 aliphatic carbocycles. The molecule has 0 aliphatic heterocycles. The van der Waals surface area contributed by atoms with Crippen molar-refractivity contribution in [2.24, 2.45) is 0 Å². The molecule has 134 valence electrons. The minimum absolute atomic E-state index is 0.352. The molecule has 0 radical (unpaired) electrons. The molecule has 0 unspecified atom stereocenters. The van der Waals surface area contributed by atoms with Crippen LogP contribution in [0.4, 0.5) is 10.1 Å². The number of halogens is 2. The zero-order chi connectivity index (χ0) is 18.8. The van der Waals surface area contributed by atoms with Crippen LogP contribution in [0.25, 0.3) is 21.9 Å². The van der Waals surface area contributed by atoms with Gasteiger partial charge >= 0.3 is 0 Å². The van der Waals surface area contributed by atoms with E-state index in [1.807, 2.05) is 43.5 Å². The SMILES string of the molecule is Cc1ccnc(CNc2cccc3cnccc23)c1-c1ccc(F)cc1Cl. The van der Waals surface area contributed by atoms with Crippen molar-refractivity contribution in [2.45, 2.75) is 13.5 Å². The Labute approximate surface area is 161 Å². The van der Waals surface area contributed by atoms with Crippen LogP contribution in [0.15, 0.2) is 67.1 Å². The zero-order valence-corrected chi connectivity index (χ0v) is 15.5. The molecule has 1 N–H and O–H groups in total. The van der Waals surface area contributed by atoms with Crippen molar-refractivity contribution < 1.29 is 4.39 Å². The summed E-state index contributed by atoms with van der Waals surface area (Å²) in [7, 11) is 0. The van der Waals surface area contributed by atoms with E-state index in [1.54, 1.807) is 18.5 Å². The van der Waals surface area contributed by atoms with Crippen molar-refractivity contribution in [3.63, 3.8) is 0 Å². The molecule has 0 fully saturated rings. The van der Waals surface area contributed by atoms with E-state index < -0.39 is 0 Å². The molecule has 0 atom stereocenters. The van der Waals surface area contributed by atoms with Gasteiger partial charge in [0.25, 0.3) is 0 Å². The Morgan fingerprint density at radius 1 is 1.07 bits per heavy atom. The van der Waals surface area contributed by atoms with E-state index in [-0.39, 0.29) is 5.82 Å². The number of anilines is 1. The Kier molecular flexibility index (Phi) is 4.73. The van der Waals surface area contributed by atoms with E-state index >= 15 is 0 Å². The number of hydrogen-bond donors (Lipinski definition) is 1. The minimum Gasteiger partial charge on any atom is -0.379 e. The average Bonchev–Trinajstić information content (AvgIpc) is 2.67. The second-order valence-electron chi connectivity index (χ2n) is 6.33. The summed E-state index contributed by atoms with van der Waals surface area (Å²) in [6.45, 7) is 2.52. The van der Waals surface area contributed by atoms with Gasteiger partial charge in [0.05, 0.1) is 17.3 Å². The number of pyridine rings is 2. The van der Waals surface area contributed by atoms with Gasteiger partial charge in [0, 0.05) is 46.2 Å². The molecule has 4 aromatic rings. The van der Waals surface area contributed by atoms with Crippen molar-refractivity contribution in [1.82, 2.24) is 9.97 Å². The molecule has 3 nitrogen and oxygen atoms in total. The maximum atomic E-state index is 13.5. The smallest absolute Gasteiger partial charge is 0.124 e. The van der Waals surface area contributed by atoms with Crippen LogP contribution in [0.5, 0.6) is 0 Å². The number of aromatic nitrogens is 2. The Morgan fingerprint density at radius 3 is 2.81 bits per heavy atom. The lowest BCUT2D eigenvalue weighted by Gasteiger charge is -2.15. The largest absolute Gasteiger partial charge is 0.379 e. The summed E-state index contributed by atoms with van der Waals surface area (Å²) in [6.07, 6.45) is 5.40. The normalized spacial score (nSPS) is 10.9. The molecule has 2 aromatic heterocycles. The fourth-order valence-electron chi connectivity index (χ4n) is 3.26. The second-order valence-corrected chi connectivity index (χ2v) is 6.74. The molecule has 5 heteroatoms. The van der Waals surface area contributed by atoms with Crippen molar-refractivity contribution >= 4 is 28.1 Å². The van der Waals surface area contributed by atoms with Gasteiger partial charge in [-0.2, -0.15) is 0 Å². The quantitative estimate of drug-likeness (QED) is 0.473. The van der Waals surface area contributed by atoms with Gasteiger partial charge in [0.15, 0.2) is 0 Å². The van der Waals surface area contributed by atoms with Gasteiger partial charge in [0.1, 0.15) is 5.82 Å². The van der Waals surface area contributed by atoms with Crippen LogP contribution < -0.4 is 5.32 Å². The van der Waals surface area contributed by atoms with Gasteiger partial charge in [-0.15, -0.1) is 0 Å². The van der Waals surface area contributed by atoms with Gasteiger partial charge in [-0.25, -0.2) is 4.39 Å². The molecule has 4 rings (SSSR count). The summed E-state index contributed by atoms with van der Waals surface area (Å²) in [5.41, 5.74) is 4.61. The Bertz CT molecular complexity index is 1120. The lowest BCUT2D eigenvalue weighted by molar-refractivity contribution is 0.628. The first kappa shape index (κ1) is 17.4. The van der Waals surface area contributed by atoms with E-state index in [4.69, 9.17) is 11.6 Å². The molecular formula is C22H17ClFN3. The number of fused-ring (bicyclic) bond motifs is 1. The standard InChI is InChI=1S/C22H17ClFN3/c1-14-7-10-26-21(22(14)18-6-5-16(24)11-19(18)23)13-27-20-4-2-3-15-12-25-9-8-17(15)20/h2-12,27H,13H2,1H3. The van der Waals surface area contributed by atoms with Crippen LogP contribution in [0, 0.1) is 12.7 Å². The molecule has 0 spiro atoms. The topological polar surface area (TPSA) is 37.8 Å². The summed E-state index contributed by atoms with van der Waals surface area (Å²) in [5, 5.41) is 6.01. The number of hydrogen-bond acceptors (Lipinski definition) is 3. The van der Waals surface area contributed by atoms with Gasteiger partial charge in [-0.1, -0.05) is 23.7 Å². The third kappa shape index (κ3) is 3.49. The van der Waals surface area contributed by atoms with Crippen molar-refractivity contribution in [1.29, 1.82) is 0 Å². The zero-order valence-electron chi connectivity index (χ0n) is 14.7. The van der Waals surface area contributed by atoms with E-state index in [9.17, 15) is 4.39 Å². The van der Waals surface area contributed by atoms with Gasteiger partial charge in [0.2, 0.25) is 0 Å². The van der Waals surface area contributed by atoms with Gasteiger partial charge in [-0.05, 0) is 48.9 Å². The highest BCUT2D eigenvalue weighted by Gasteiger charge is 2.14. The predicted molar refractivity (Wildman–Crippen MR) is 108 cm³/mol. The van der Waals surface area contributed by atoms with E-state index in [0.717, 1.165) is 38.8 Å². The molecule has 0 saturated carbocycles. The molecular weight excluding hydrogens is 361 g/mol. The van der Waals surface area contributed by atoms with Crippen LogP contribution in [0.3, 0.4) is 0 Å². The van der Waals surface area contributed by atoms with Crippen molar-refractivity contribution in [2.75, 3.05) is 5.32 Å².